The largest absolute Gasteiger partial charge is 0.392 e. The summed E-state index contributed by atoms with van der Waals surface area (Å²) in [4.78, 5) is 0. The van der Waals surface area contributed by atoms with Gasteiger partial charge in [0, 0.05) is 16.2 Å². The summed E-state index contributed by atoms with van der Waals surface area (Å²) in [6.45, 7) is 2.19. The molecule has 1 atom stereocenters. The summed E-state index contributed by atoms with van der Waals surface area (Å²) < 4.78 is 1.10. The topological polar surface area (TPSA) is 32.3 Å². The molecule has 94 valence electrons. The predicted molar refractivity (Wildman–Crippen MR) is 78.5 cm³/mol. The fourth-order valence-corrected chi connectivity index (χ4v) is 2.54. The summed E-state index contributed by atoms with van der Waals surface area (Å²) in [6, 6.07) is 16.2. The van der Waals surface area contributed by atoms with Crippen LogP contribution < -0.4 is 5.32 Å². The van der Waals surface area contributed by atoms with Crippen LogP contribution in [0.15, 0.2) is 53.0 Å². The predicted octanol–water partition coefficient (Wildman–Crippen LogP) is 4.11. The monoisotopic (exact) mass is 305 g/mol. The molecule has 2 N–H and O–H groups in total. The molecular weight excluding hydrogens is 290 g/mol. The molecule has 0 aliphatic heterocycles. The van der Waals surface area contributed by atoms with Gasteiger partial charge in [0.2, 0.25) is 0 Å². The molecule has 2 nitrogen and oxygen atoms in total. The Morgan fingerprint density at radius 3 is 2.67 bits per heavy atom. The minimum atomic E-state index is 0.0684. The second kappa shape index (κ2) is 6.03. The van der Waals surface area contributed by atoms with E-state index in [-0.39, 0.29) is 12.6 Å². The van der Waals surface area contributed by atoms with Crippen molar-refractivity contribution in [3.63, 3.8) is 0 Å². The molecule has 0 saturated heterocycles. The van der Waals surface area contributed by atoms with Crippen LogP contribution in [0.25, 0.3) is 0 Å². The quantitative estimate of drug-likeness (QED) is 0.891. The average molecular weight is 306 g/mol. The summed E-state index contributed by atoms with van der Waals surface area (Å²) >= 11 is 3.56. The number of hydrogen-bond donors (Lipinski definition) is 2. The first-order valence-corrected chi connectivity index (χ1v) is 6.71. The molecule has 18 heavy (non-hydrogen) atoms. The lowest BCUT2D eigenvalue weighted by Crippen LogP contribution is -2.07. The van der Waals surface area contributed by atoms with E-state index in [2.05, 4.69) is 34.2 Å². The van der Waals surface area contributed by atoms with Gasteiger partial charge in [-0.15, -0.1) is 0 Å². The van der Waals surface area contributed by atoms with E-state index >= 15 is 0 Å². The first kappa shape index (κ1) is 13.1. The number of benzene rings is 2. The Morgan fingerprint density at radius 1 is 1.17 bits per heavy atom. The fraction of sp³-hybridized carbons (Fsp3) is 0.200. The number of aliphatic hydroxyl groups is 1. The van der Waals surface area contributed by atoms with Crippen LogP contribution in [-0.4, -0.2) is 5.11 Å². The summed E-state index contributed by atoms with van der Waals surface area (Å²) in [5, 5.41) is 12.6. The molecule has 0 radical (unpaired) electrons. The number of halogens is 1. The van der Waals surface area contributed by atoms with Crippen molar-refractivity contribution in [1.82, 2.24) is 0 Å². The molecular formula is C15H16BrNO. The standard InChI is InChI=1S/C15H16BrNO/c1-11(14-7-2-3-8-15(14)16)17-13-6-4-5-12(9-13)10-18/h2-9,11,17-18H,10H2,1H3. The van der Waals surface area contributed by atoms with Crippen molar-refractivity contribution in [2.45, 2.75) is 19.6 Å². The van der Waals surface area contributed by atoms with Gasteiger partial charge in [-0.25, -0.2) is 0 Å². The molecule has 0 aromatic heterocycles. The third-order valence-corrected chi connectivity index (χ3v) is 3.59. The summed E-state index contributed by atoms with van der Waals surface area (Å²) in [6.07, 6.45) is 0. The van der Waals surface area contributed by atoms with Crippen LogP contribution in [0.5, 0.6) is 0 Å². The highest BCUT2D eigenvalue weighted by molar-refractivity contribution is 9.10. The third-order valence-electron chi connectivity index (χ3n) is 2.86. The smallest absolute Gasteiger partial charge is 0.0682 e. The van der Waals surface area contributed by atoms with Gasteiger partial charge in [0.05, 0.1) is 6.61 Å². The van der Waals surface area contributed by atoms with E-state index in [9.17, 15) is 0 Å². The van der Waals surface area contributed by atoms with Crippen LogP contribution in [0, 0.1) is 0 Å². The van der Waals surface area contributed by atoms with E-state index in [1.807, 2.05) is 42.5 Å². The second-order valence-corrected chi connectivity index (χ2v) is 5.10. The lowest BCUT2D eigenvalue weighted by Gasteiger charge is -2.17. The van der Waals surface area contributed by atoms with Gasteiger partial charge in [-0.3, -0.25) is 0 Å². The van der Waals surface area contributed by atoms with Gasteiger partial charge < -0.3 is 10.4 Å². The van der Waals surface area contributed by atoms with E-state index in [1.54, 1.807) is 0 Å². The Balaban J connectivity index is 2.16. The van der Waals surface area contributed by atoms with Gasteiger partial charge in [-0.05, 0) is 36.2 Å². The number of anilines is 1. The Kier molecular flexibility index (Phi) is 4.39. The Hall–Kier alpha value is -1.32. The second-order valence-electron chi connectivity index (χ2n) is 4.25. The van der Waals surface area contributed by atoms with Crippen molar-refractivity contribution >= 4 is 21.6 Å². The van der Waals surface area contributed by atoms with E-state index < -0.39 is 0 Å². The van der Waals surface area contributed by atoms with Crippen molar-refractivity contribution in [2.24, 2.45) is 0 Å². The number of aliphatic hydroxyl groups excluding tert-OH is 1. The summed E-state index contributed by atoms with van der Waals surface area (Å²) in [7, 11) is 0. The van der Waals surface area contributed by atoms with E-state index in [0.29, 0.717) is 0 Å². The first-order valence-electron chi connectivity index (χ1n) is 5.91. The SMILES string of the molecule is CC(Nc1cccc(CO)c1)c1ccccc1Br. The molecule has 0 spiro atoms. The molecule has 0 aliphatic rings. The Labute approximate surface area is 116 Å². The van der Waals surface area contributed by atoms with Crippen LogP contribution in [0.4, 0.5) is 5.69 Å². The van der Waals surface area contributed by atoms with E-state index in [0.717, 1.165) is 15.7 Å². The maximum Gasteiger partial charge on any atom is 0.0682 e. The minimum Gasteiger partial charge on any atom is -0.392 e. The van der Waals surface area contributed by atoms with Crippen LogP contribution in [0.3, 0.4) is 0 Å². The van der Waals surface area contributed by atoms with Crippen molar-refractivity contribution in [1.29, 1.82) is 0 Å². The van der Waals surface area contributed by atoms with Gasteiger partial charge >= 0.3 is 0 Å². The zero-order chi connectivity index (χ0) is 13.0. The molecule has 0 bridgehead atoms. The van der Waals surface area contributed by atoms with Crippen LogP contribution in [0.1, 0.15) is 24.1 Å². The van der Waals surface area contributed by atoms with Crippen molar-refractivity contribution in [3.05, 3.63) is 64.1 Å². The molecule has 2 aromatic rings. The molecule has 0 heterocycles. The maximum atomic E-state index is 9.12. The van der Waals surface area contributed by atoms with Gasteiger partial charge in [0.1, 0.15) is 0 Å². The normalized spacial score (nSPS) is 12.2. The maximum absolute atomic E-state index is 9.12. The number of nitrogens with one attached hydrogen (secondary N) is 1. The molecule has 0 fully saturated rings. The van der Waals surface area contributed by atoms with Gasteiger partial charge in [0.25, 0.3) is 0 Å². The van der Waals surface area contributed by atoms with E-state index in [1.165, 1.54) is 5.56 Å². The fourth-order valence-electron chi connectivity index (χ4n) is 1.91. The minimum absolute atomic E-state index is 0.0684. The molecule has 1 unspecified atom stereocenters. The van der Waals surface area contributed by atoms with Crippen molar-refractivity contribution in [2.75, 3.05) is 5.32 Å². The third kappa shape index (κ3) is 3.12. The highest BCUT2D eigenvalue weighted by Gasteiger charge is 2.08. The van der Waals surface area contributed by atoms with E-state index in [4.69, 9.17) is 5.11 Å². The molecule has 0 saturated carbocycles. The molecule has 0 amide bonds. The average Bonchev–Trinajstić information content (AvgIpc) is 2.39. The lowest BCUT2D eigenvalue weighted by molar-refractivity contribution is 0.282. The molecule has 0 aliphatic carbocycles. The van der Waals surface area contributed by atoms with Gasteiger partial charge in [-0.2, -0.15) is 0 Å². The Bertz CT molecular complexity index is 527. The highest BCUT2D eigenvalue weighted by Crippen LogP contribution is 2.26. The van der Waals surface area contributed by atoms with Crippen molar-refractivity contribution < 1.29 is 5.11 Å². The Morgan fingerprint density at radius 2 is 1.94 bits per heavy atom. The molecule has 2 rings (SSSR count). The van der Waals surface area contributed by atoms with Gasteiger partial charge in [-0.1, -0.05) is 46.3 Å². The van der Waals surface area contributed by atoms with Crippen LogP contribution >= 0.6 is 15.9 Å². The molecule has 2 aromatic carbocycles. The summed E-state index contributed by atoms with van der Waals surface area (Å²) in [5.41, 5.74) is 3.15. The lowest BCUT2D eigenvalue weighted by atomic mass is 10.1. The van der Waals surface area contributed by atoms with Crippen LogP contribution in [-0.2, 0) is 6.61 Å². The first-order chi connectivity index (χ1) is 8.70. The zero-order valence-corrected chi connectivity index (χ0v) is 11.8. The number of hydrogen-bond acceptors (Lipinski definition) is 2. The summed E-state index contributed by atoms with van der Waals surface area (Å²) in [5.74, 6) is 0. The molecule has 3 heteroatoms. The highest BCUT2D eigenvalue weighted by atomic mass is 79.9. The van der Waals surface area contributed by atoms with Gasteiger partial charge in [0.15, 0.2) is 0 Å². The zero-order valence-electron chi connectivity index (χ0n) is 10.2. The number of rotatable bonds is 4. The van der Waals surface area contributed by atoms with Crippen molar-refractivity contribution in [3.8, 4) is 0 Å². The van der Waals surface area contributed by atoms with Crippen LogP contribution in [0.2, 0.25) is 0 Å².